The van der Waals surface area contributed by atoms with Gasteiger partial charge in [-0.2, -0.15) is 0 Å². The Morgan fingerprint density at radius 2 is 2.19 bits per heavy atom. The van der Waals surface area contributed by atoms with Gasteiger partial charge in [-0.25, -0.2) is 4.39 Å². The van der Waals surface area contributed by atoms with Gasteiger partial charge < -0.3 is 4.74 Å². The molecule has 1 nitrogen and oxygen atoms in total. The smallest absolute Gasteiger partial charge is 0.169 e. The lowest BCUT2D eigenvalue weighted by atomic mass is 9.78. The van der Waals surface area contributed by atoms with Crippen molar-refractivity contribution in [2.24, 2.45) is 5.92 Å². The SMILES string of the molecule is COc1ccc2c(c1F)C1(CCC2)CC1C. The highest BCUT2D eigenvalue weighted by atomic mass is 19.1. The maximum atomic E-state index is 14.3. The van der Waals surface area contributed by atoms with Crippen molar-refractivity contribution in [1.82, 2.24) is 0 Å². The zero-order valence-electron chi connectivity index (χ0n) is 9.85. The number of aryl methyl sites for hydroxylation is 1. The van der Waals surface area contributed by atoms with Crippen molar-refractivity contribution in [2.75, 3.05) is 7.11 Å². The van der Waals surface area contributed by atoms with Crippen molar-refractivity contribution in [3.63, 3.8) is 0 Å². The van der Waals surface area contributed by atoms with Gasteiger partial charge in [0.2, 0.25) is 0 Å². The van der Waals surface area contributed by atoms with Crippen LogP contribution in [0.15, 0.2) is 12.1 Å². The quantitative estimate of drug-likeness (QED) is 0.704. The molecule has 1 spiro atoms. The van der Waals surface area contributed by atoms with Crippen LogP contribution in [0.5, 0.6) is 5.75 Å². The summed E-state index contributed by atoms with van der Waals surface area (Å²) in [4.78, 5) is 0. The van der Waals surface area contributed by atoms with Gasteiger partial charge in [-0.05, 0) is 43.2 Å². The molecule has 86 valence electrons. The summed E-state index contributed by atoms with van der Waals surface area (Å²) < 4.78 is 19.4. The van der Waals surface area contributed by atoms with Crippen molar-refractivity contribution in [2.45, 2.75) is 38.0 Å². The van der Waals surface area contributed by atoms with Gasteiger partial charge in [0.25, 0.3) is 0 Å². The van der Waals surface area contributed by atoms with E-state index in [0.717, 1.165) is 24.8 Å². The third-order valence-electron chi connectivity index (χ3n) is 4.43. The first kappa shape index (κ1) is 10.1. The van der Waals surface area contributed by atoms with Crippen molar-refractivity contribution >= 4 is 0 Å². The minimum absolute atomic E-state index is 0.107. The lowest BCUT2D eigenvalue weighted by Gasteiger charge is -2.27. The average Bonchev–Trinajstić information content (AvgIpc) is 2.90. The molecule has 1 fully saturated rings. The highest BCUT2D eigenvalue weighted by Crippen LogP contribution is 2.61. The van der Waals surface area contributed by atoms with Crippen LogP contribution < -0.4 is 4.74 Å². The molecule has 1 saturated carbocycles. The fourth-order valence-corrected chi connectivity index (χ4v) is 3.40. The molecule has 2 unspecified atom stereocenters. The molecule has 1 aromatic rings. The summed E-state index contributed by atoms with van der Waals surface area (Å²) in [5, 5.41) is 0. The largest absolute Gasteiger partial charge is 0.494 e. The Balaban J connectivity index is 2.18. The fraction of sp³-hybridized carbons (Fsp3) is 0.571. The van der Waals surface area contributed by atoms with E-state index in [9.17, 15) is 4.39 Å². The lowest BCUT2D eigenvalue weighted by Crippen LogP contribution is -2.20. The molecule has 0 saturated heterocycles. The van der Waals surface area contributed by atoms with Crippen LogP contribution in [-0.2, 0) is 11.8 Å². The van der Waals surface area contributed by atoms with Crippen molar-refractivity contribution < 1.29 is 9.13 Å². The zero-order valence-corrected chi connectivity index (χ0v) is 9.85. The Bertz CT molecular complexity index is 441. The van der Waals surface area contributed by atoms with Gasteiger partial charge in [-0.1, -0.05) is 13.0 Å². The highest BCUT2D eigenvalue weighted by molar-refractivity contribution is 5.47. The third kappa shape index (κ3) is 1.16. The maximum absolute atomic E-state index is 14.3. The molecule has 0 bridgehead atoms. The molecule has 2 aliphatic carbocycles. The fourth-order valence-electron chi connectivity index (χ4n) is 3.40. The number of fused-ring (bicyclic) bond motifs is 2. The second kappa shape index (κ2) is 3.22. The number of rotatable bonds is 1. The molecule has 0 radical (unpaired) electrons. The second-order valence-electron chi connectivity index (χ2n) is 5.23. The topological polar surface area (TPSA) is 9.23 Å². The summed E-state index contributed by atoms with van der Waals surface area (Å²) in [5.41, 5.74) is 2.31. The van der Waals surface area contributed by atoms with Crippen molar-refractivity contribution in [3.05, 3.63) is 29.1 Å². The Morgan fingerprint density at radius 3 is 2.81 bits per heavy atom. The van der Waals surface area contributed by atoms with E-state index < -0.39 is 0 Å². The first-order valence-corrected chi connectivity index (χ1v) is 6.05. The van der Waals surface area contributed by atoms with Crippen molar-refractivity contribution in [3.8, 4) is 5.75 Å². The molecule has 0 aliphatic heterocycles. The van der Waals surface area contributed by atoms with E-state index in [0.29, 0.717) is 11.7 Å². The van der Waals surface area contributed by atoms with E-state index in [1.54, 1.807) is 6.07 Å². The summed E-state index contributed by atoms with van der Waals surface area (Å²) in [6, 6.07) is 3.81. The van der Waals surface area contributed by atoms with Gasteiger partial charge in [0.15, 0.2) is 11.6 Å². The van der Waals surface area contributed by atoms with Gasteiger partial charge in [0.05, 0.1) is 7.11 Å². The number of methoxy groups -OCH3 is 1. The molecule has 0 heterocycles. The predicted molar refractivity (Wildman–Crippen MR) is 61.3 cm³/mol. The van der Waals surface area contributed by atoms with Crippen LogP contribution in [0.4, 0.5) is 4.39 Å². The van der Waals surface area contributed by atoms with Crippen LogP contribution in [0, 0.1) is 11.7 Å². The molecule has 0 N–H and O–H groups in total. The summed E-state index contributed by atoms with van der Waals surface area (Å²) in [7, 11) is 1.54. The maximum Gasteiger partial charge on any atom is 0.169 e. The van der Waals surface area contributed by atoms with Gasteiger partial charge >= 0.3 is 0 Å². The standard InChI is InChI=1S/C14H17FO/c1-9-8-14(9)7-3-4-10-5-6-11(16-2)13(15)12(10)14/h5-6,9H,3-4,7-8H2,1-2H3. The monoisotopic (exact) mass is 220 g/mol. The Morgan fingerprint density at radius 1 is 1.44 bits per heavy atom. The van der Waals surface area contributed by atoms with Gasteiger partial charge in [-0.15, -0.1) is 0 Å². The van der Waals surface area contributed by atoms with E-state index >= 15 is 0 Å². The second-order valence-corrected chi connectivity index (χ2v) is 5.23. The Labute approximate surface area is 95.6 Å². The summed E-state index contributed by atoms with van der Waals surface area (Å²) in [5.74, 6) is 0.927. The molecular formula is C14H17FO. The van der Waals surface area contributed by atoms with E-state index in [1.807, 2.05) is 6.07 Å². The molecule has 3 rings (SSSR count). The zero-order chi connectivity index (χ0) is 11.3. The molecule has 1 aromatic carbocycles. The van der Waals surface area contributed by atoms with Gasteiger partial charge in [0, 0.05) is 11.0 Å². The number of hydrogen-bond acceptors (Lipinski definition) is 1. The molecule has 0 aromatic heterocycles. The summed E-state index contributed by atoms with van der Waals surface area (Å²) in [6.07, 6.45) is 4.50. The van der Waals surface area contributed by atoms with Crippen LogP contribution >= 0.6 is 0 Å². The Kier molecular flexibility index (Phi) is 2.04. The number of benzene rings is 1. The lowest BCUT2D eigenvalue weighted by molar-refractivity contribution is 0.374. The molecule has 2 atom stereocenters. The van der Waals surface area contributed by atoms with E-state index in [2.05, 4.69) is 6.92 Å². The number of halogens is 1. The van der Waals surface area contributed by atoms with E-state index in [4.69, 9.17) is 4.74 Å². The summed E-state index contributed by atoms with van der Waals surface area (Å²) in [6.45, 7) is 2.23. The molecular weight excluding hydrogens is 203 g/mol. The van der Waals surface area contributed by atoms with E-state index in [-0.39, 0.29) is 11.2 Å². The van der Waals surface area contributed by atoms with Crippen LogP contribution in [0.25, 0.3) is 0 Å². The number of ether oxygens (including phenoxy) is 1. The van der Waals surface area contributed by atoms with Crippen LogP contribution in [0.1, 0.15) is 37.3 Å². The van der Waals surface area contributed by atoms with Gasteiger partial charge in [0.1, 0.15) is 0 Å². The third-order valence-corrected chi connectivity index (χ3v) is 4.43. The first-order chi connectivity index (χ1) is 7.69. The van der Waals surface area contributed by atoms with Gasteiger partial charge in [-0.3, -0.25) is 0 Å². The Hall–Kier alpha value is -1.05. The number of hydrogen-bond donors (Lipinski definition) is 0. The predicted octanol–water partition coefficient (Wildman–Crippen LogP) is 3.45. The molecule has 16 heavy (non-hydrogen) atoms. The minimum atomic E-state index is -0.107. The normalized spacial score (nSPS) is 31.3. The molecule has 0 amide bonds. The first-order valence-electron chi connectivity index (χ1n) is 6.05. The summed E-state index contributed by atoms with van der Waals surface area (Å²) >= 11 is 0. The molecule has 2 heteroatoms. The molecule has 2 aliphatic rings. The van der Waals surface area contributed by atoms with Crippen LogP contribution in [0.2, 0.25) is 0 Å². The van der Waals surface area contributed by atoms with Crippen molar-refractivity contribution in [1.29, 1.82) is 0 Å². The van der Waals surface area contributed by atoms with Crippen LogP contribution in [0.3, 0.4) is 0 Å². The average molecular weight is 220 g/mol. The highest BCUT2D eigenvalue weighted by Gasteiger charge is 2.55. The van der Waals surface area contributed by atoms with E-state index in [1.165, 1.54) is 19.1 Å². The minimum Gasteiger partial charge on any atom is -0.494 e. The van der Waals surface area contributed by atoms with Crippen LogP contribution in [-0.4, -0.2) is 7.11 Å².